The number of sulfonamides is 1. The number of nitrogens with one attached hydrogen (secondary N) is 1. The third-order valence-electron chi connectivity index (χ3n) is 2.87. The fourth-order valence-electron chi connectivity index (χ4n) is 1.85. The van der Waals surface area contributed by atoms with Crippen molar-refractivity contribution in [1.29, 1.82) is 0 Å². The maximum atomic E-state index is 12.3. The molecule has 6 heteroatoms. The normalized spacial score (nSPS) is 12.5. The van der Waals surface area contributed by atoms with Gasteiger partial charge in [-0.3, -0.25) is 0 Å². The summed E-state index contributed by atoms with van der Waals surface area (Å²) in [5.74, 6) is 0.706. The first-order chi connectivity index (χ1) is 8.63. The Kier molecular flexibility index (Phi) is 4.60. The molecular formula is C13H22N2O3S. The molecule has 1 rings (SSSR count). The van der Waals surface area contributed by atoms with Gasteiger partial charge in [0.2, 0.25) is 10.0 Å². The summed E-state index contributed by atoms with van der Waals surface area (Å²) >= 11 is 0. The fraction of sp³-hybridized carbons (Fsp3) is 0.538. The summed E-state index contributed by atoms with van der Waals surface area (Å²) in [6, 6.07) is 3.20. The van der Waals surface area contributed by atoms with E-state index in [0.29, 0.717) is 5.75 Å². The molecule has 108 valence electrons. The van der Waals surface area contributed by atoms with Crippen molar-refractivity contribution >= 4 is 10.0 Å². The van der Waals surface area contributed by atoms with Gasteiger partial charge >= 0.3 is 0 Å². The lowest BCUT2D eigenvalue weighted by Gasteiger charge is -2.24. The molecule has 0 fully saturated rings. The van der Waals surface area contributed by atoms with Crippen molar-refractivity contribution in [1.82, 2.24) is 4.72 Å². The lowest BCUT2D eigenvalue weighted by Crippen LogP contribution is -2.48. The van der Waals surface area contributed by atoms with E-state index in [-0.39, 0.29) is 11.4 Å². The number of ether oxygens (including phenoxy) is 1. The molecule has 0 saturated heterocycles. The van der Waals surface area contributed by atoms with Gasteiger partial charge in [-0.15, -0.1) is 0 Å². The van der Waals surface area contributed by atoms with Crippen LogP contribution in [0.5, 0.6) is 5.75 Å². The molecule has 0 unspecified atom stereocenters. The molecule has 0 saturated carbocycles. The van der Waals surface area contributed by atoms with Gasteiger partial charge in [0.05, 0.1) is 12.0 Å². The van der Waals surface area contributed by atoms with Crippen LogP contribution in [0.2, 0.25) is 0 Å². The Morgan fingerprint density at radius 1 is 1.26 bits per heavy atom. The molecule has 0 bridgehead atoms. The number of nitrogens with two attached hydrogens (primary N) is 1. The van der Waals surface area contributed by atoms with E-state index in [4.69, 9.17) is 10.5 Å². The largest absolute Gasteiger partial charge is 0.496 e. The standard InChI is InChI=1S/C13H22N2O3S/c1-9-6-11(7-10(2)12(9)18-5)19(16,17)15-13(3,4)8-14/h6-7,15H,8,14H2,1-5H3. The summed E-state index contributed by atoms with van der Waals surface area (Å²) < 4.78 is 32.4. The van der Waals surface area contributed by atoms with E-state index in [0.717, 1.165) is 11.1 Å². The highest BCUT2D eigenvalue weighted by Crippen LogP contribution is 2.26. The summed E-state index contributed by atoms with van der Waals surface area (Å²) in [6.07, 6.45) is 0. The van der Waals surface area contributed by atoms with E-state index in [1.807, 2.05) is 13.8 Å². The Labute approximate surface area is 115 Å². The van der Waals surface area contributed by atoms with E-state index in [1.54, 1.807) is 33.1 Å². The van der Waals surface area contributed by atoms with Gasteiger partial charge < -0.3 is 10.5 Å². The smallest absolute Gasteiger partial charge is 0.241 e. The first-order valence-electron chi connectivity index (χ1n) is 6.02. The molecule has 0 aliphatic carbocycles. The quantitative estimate of drug-likeness (QED) is 0.855. The average Bonchev–Trinajstić information content (AvgIpc) is 2.27. The highest BCUT2D eigenvalue weighted by Gasteiger charge is 2.25. The number of hydrogen-bond acceptors (Lipinski definition) is 4. The third kappa shape index (κ3) is 3.68. The monoisotopic (exact) mass is 286 g/mol. The number of hydrogen-bond donors (Lipinski definition) is 2. The minimum absolute atomic E-state index is 0.223. The molecule has 0 amide bonds. The molecule has 0 heterocycles. The second-order valence-electron chi connectivity index (χ2n) is 5.28. The van der Waals surface area contributed by atoms with Crippen molar-refractivity contribution in [2.24, 2.45) is 5.73 Å². The van der Waals surface area contributed by atoms with Gasteiger partial charge in [-0.1, -0.05) is 0 Å². The van der Waals surface area contributed by atoms with Crippen molar-refractivity contribution in [3.05, 3.63) is 23.3 Å². The number of rotatable bonds is 5. The zero-order chi connectivity index (χ0) is 14.8. The maximum absolute atomic E-state index is 12.3. The molecule has 1 aromatic carbocycles. The van der Waals surface area contributed by atoms with Crippen LogP contribution in [0.15, 0.2) is 17.0 Å². The van der Waals surface area contributed by atoms with Crippen LogP contribution in [-0.2, 0) is 10.0 Å². The lowest BCUT2D eigenvalue weighted by atomic mass is 10.1. The van der Waals surface area contributed by atoms with Gasteiger partial charge in [-0.2, -0.15) is 0 Å². The summed E-state index contributed by atoms with van der Waals surface area (Å²) in [4.78, 5) is 0.227. The zero-order valence-electron chi connectivity index (χ0n) is 12.1. The predicted octanol–water partition coefficient (Wildman–Crippen LogP) is 1.33. The van der Waals surface area contributed by atoms with Crippen LogP contribution in [0.25, 0.3) is 0 Å². The topological polar surface area (TPSA) is 81.4 Å². The second kappa shape index (κ2) is 5.48. The van der Waals surface area contributed by atoms with Crippen molar-refractivity contribution in [3.8, 4) is 5.75 Å². The van der Waals surface area contributed by atoms with Crippen LogP contribution >= 0.6 is 0 Å². The van der Waals surface area contributed by atoms with Crippen molar-refractivity contribution in [2.75, 3.05) is 13.7 Å². The van der Waals surface area contributed by atoms with E-state index < -0.39 is 15.6 Å². The molecule has 0 aromatic heterocycles. The minimum Gasteiger partial charge on any atom is -0.496 e. The molecule has 0 radical (unpaired) electrons. The van der Waals surface area contributed by atoms with E-state index >= 15 is 0 Å². The van der Waals surface area contributed by atoms with Gasteiger partial charge in [0.1, 0.15) is 5.75 Å². The van der Waals surface area contributed by atoms with Crippen LogP contribution in [-0.4, -0.2) is 27.6 Å². The van der Waals surface area contributed by atoms with Crippen molar-refractivity contribution in [2.45, 2.75) is 38.1 Å². The third-order valence-corrected chi connectivity index (χ3v) is 4.55. The van der Waals surface area contributed by atoms with Crippen molar-refractivity contribution < 1.29 is 13.2 Å². The van der Waals surface area contributed by atoms with E-state index in [9.17, 15) is 8.42 Å². The first-order valence-corrected chi connectivity index (χ1v) is 7.50. The van der Waals surface area contributed by atoms with Crippen LogP contribution in [0.3, 0.4) is 0 Å². The Morgan fingerprint density at radius 3 is 2.11 bits per heavy atom. The predicted molar refractivity (Wildman–Crippen MR) is 75.9 cm³/mol. The van der Waals surface area contributed by atoms with Crippen LogP contribution in [0, 0.1) is 13.8 Å². The maximum Gasteiger partial charge on any atom is 0.241 e. The average molecular weight is 286 g/mol. The molecule has 0 spiro atoms. The Bertz CT molecular complexity index is 542. The van der Waals surface area contributed by atoms with Gasteiger partial charge in [-0.05, 0) is 51.0 Å². The number of methoxy groups -OCH3 is 1. The summed E-state index contributed by atoms with van der Waals surface area (Å²) in [6.45, 7) is 7.35. The summed E-state index contributed by atoms with van der Waals surface area (Å²) in [5.41, 5.74) is 6.44. The van der Waals surface area contributed by atoms with Gasteiger partial charge in [-0.25, -0.2) is 13.1 Å². The highest BCUT2D eigenvalue weighted by molar-refractivity contribution is 7.89. The number of benzene rings is 1. The van der Waals surface area contributed by atoms with Gasteiger partial charge in [0.25, 0.3) is 0 Å². The Balaban J connectivity index is 3.24. The molecule has 5 nitrogen and oxygen atoms in total. The molecule has 19 heavy (non-hydrogen) atoms. The molecule has 0 atom stereocenters. The fourth-order valence-corrected chi connectivity index (χ4v) is 3.44. The molecule has 1 aromatic rings. The Morgan fingerprint density at radius 2 is 1.74 bits per heavy atom. The second-order valence-corrected chi connectivity index (χ2v) is 6.97. The highest BCUT2D eigenvalue weighted by atomic mass is 32.2. The van der Waals surface area contributed by atoms with Crippen LogP contribution in [0.1, 0.15) is 25.0 Å². The lowest BCUT2D eigenvalue weighted by molar-refractivity contribution is 0.408. The SMILES string of the molecule is COc1c(C)cc(S(=O)(=O)NC(C)(C)CN)cc1C. The molecule has 0 aliphatic rings. The molecule has 3 N–H and O–H groups in total. The minimum atomic E-state index is -3.59. The molecular weight excluding hydrogens is 264 g/mol. The van der Waals surface area contributed by atoms with Crippen molar-refractivity contribution in [3.63, 3.8) is 0 Å². The van der Waals surface area contributed by atoms with Gasteiger partial charge in [0.15, 0.2) is 0 Å². The van der Waals surface area contributed by atoms with Gasteiger partial charge in [0, 0.05) is 12.1 Å². The summed E-state index contributed by atoms with van der Waals surface area (Å²) in [5, 5.41) is 0. The zero-order valence-corrected chi connectivity index (χ0v) is 12.9. The van der Waals surface area contributed by atoms with Crippen LogP contribution in [0.4, 0.5) is 0 Å². The van der Waals surface area contributed by atoms with Crippen LogP contribution < -0.4 is 15.2 Å². The van der Waals surface area contributed by atoms with E-state index in [1.165, 1.54) is 0 Å². The van der Waals surface area contributed by atoms with E-state index in [2.05, 4.69) is 4.72 Å². The Hall–Kier alpha value is -1.11. The first kappa shape index (κ1) is 15.9. The molecule has 0 aliphatic heterocycles. The summed E-state index contributed by atoms with van der Waals surface area (Å²) in [7, 11) is -2.02. The number of aryl methyl sites for hydroxylation is 2.